The molecule has 0 aromatic rings. The van der Waals surface area contributed by atoms with Gasteiger partial charge in [0.2, 0.25) is 0 Å². The van der Waals surface area contributed by atoms with E-state index in [0.717, 1.165) is 6.42 Å². The van der Waals surface area contributed by atoms with Crippen LogP contribution in [0.5, 0.6) is 0 Å². The molecule has 1 unspecified atom stereocenters. The van der Waals surface area contributed by atoms with Crippen molar-refractivity contribution in [2.45, 2.75) is 59.0 Å². The average molecular weight is 230 g/mol. The predicted octanol–water partition coefficient (Wildman–Crippen LogP) is 2.61. The molecular formula is C12H22O4. The van der Waals surface area contributed by atoms with Gasteiger partial charge in [-0.2, -0.15) is 0 Å². The van der Waals surface area contributed by atoms with E-state index in [4.69, 9.17) is 9.84 Å². The molecule has 94 valence electrons. The van der Waals surface area contributed by atoms with Crippen LogP contribution in [0.3, 0.4) is 0 Å². The Bertz CT molecular complexity index is 223. The summed E-state index contributed by atoms with van der Waals surface area (Å²) in [5.41, 5.74) is 0. The van der Waals surface area contributed by atoms with Gasteiger partial charge in [-0.25, -0.2) is 0 Å². The van der Waals surface area contributed by atoms with Crippen LogP contribution in [0.1, 0.15) is 52.9 Å². The largest absolute Gasteiger partial charge is 0.481 e. The van der Waals surface area contributed by atoms with Gasteiger partial charge in [0.05, 0.1) is 6.10 Å². The lowest BCUT2D eigenvalue weighted by atomic mass is 10.1. The summed E-state index contributed by atoms with van der Waals surface area (Å²) in [5.74, 6) is -0.533. The predicted molar refractivity (Wildman–Crippen MR) is 61.1 cm³/mol. The summed E-state index contributed by atoms with van der Waals surface area (Å²) in [6.45, 7) is 6.05. The minimum absolute atomic E-state index is 0.0491. The van der Waals surface area contributed by atoms with Crippen molar-refractivity contribution in [2.24, 2.45) is 5.92 Å². The van der Waals surface area contributed by atoms with Crippen LogP contribution in [-0.2, 0) is 14.3 Å². The minimum Gasteiger partial charge on any atom is -0.481 e. The monoisotopic (exact) mass is 230 g/mol. The Hall–Kier alpha value is -1.06. The summed E-state index contributed by atoms with van der Waals surface area (Å²) < 4.78 is 5.18. The highest BCUT2D eigenvalue weighted by Crippen LogP contribution is 2.09. The number of esters is 1. The second kappa shape index (κ2) is 8.13. The molecule has 0 saturated carbocycles. The van der Waals surface area contributed by atoms with Crippen LogP contribution < -0.4 is 0 Å². The van der Waals surface area contributed by atoms with Gasteiger partial charge in [0.25, 0.3) is 0 Å². The topological polar surface area (TPSA) is 63.6 Å². The Kier molecular flexibility index (Phi) is 7.60. The number of rotatable bonds is 8. The summed E-state index contributed by atoms with van der Waals surface area (Å²) >= 11 is 0. The minimum atomic E-state index is -0.818. The number of hydrogen-bond donors (Lipinski definition) is 1. The second-order valence-corrected chi connectivity index (χ2v) is 4.53. The summed E-state index contributed by atoms with van der Waals surface area (Å²) in [7, 11) is 0. The second-order valence-electron chi connectivity index (χ2n) is 4.53. The number of unbranched alkanes of at least 4 members (excludes halogenated alkanes) is 1. The number of hydrogen-bond acceptors (Lipinski definition) is 3. The molecule has 0 spiro atoms. The standard InChI is InChI=1S/C12H22O4/c1-9(2)8-10(3)16-12(15)7-5-4-6-11(13)14/h9-10H,4-8H2,1-3H3,(H,13,14). The zero-order chi connectivity index (χ0) is 12.6. The van der Waals surface area contributed by atoms with E-state index in [1.165, 1.54) is 0 Å². The van der Waals surface area contributed by atoms with Gasteiger partial charge < -0.3 is 9.84 Å². The van der Waals surface area contributed by atoms with E-state index in [9.17, 15) is 9.59 Å². The molecule has 4 nitrogen and oxygen atoms in total. The molecule has 4 heteroatoms. The lowest BCUT2D eigenvalue weighted by Gasteiger charge is -2.14. The molecule has 0 saturated heterocycles. The maximum absolute atomic E-state index is 11.3. The van der Waals surface area contributed by atoms with Crippen molar-refractivity contribution >= 4 is 11.9 Å². The fourth-order valence-corrected chi connectivity index (χ4v) is 1.54. The molecule has 0 aromatic heterocycles. The van der Waals surface area contributed by atoms with E-state index < -0.39 is 5.97 Å². The summed E-state index contributed by atoms with van der Waals surface area (Å²) in [5, 5.41) is 8.41. The van der Waals surface area contributed by atoms with Crippen molar-refractivity contribution < 1.29 is 19.4 Å². The van der Waals surface area contributed by atoms with E-state index in [1.807, 2.05) is 6.92 Å². The quantitative estimate of drug-likeness (QED) is 0.514. The van der Waals surface area contributed by atoms with Crippen LogP contribution in [0, 0.1) is 5.92 Å². The molecule has 0 rings (SSSR count). The molecule has 0 bridgehead atoms. The lowest BCUT2D eigenvalue weighted by molar-refractivity contribution is -0.149. The third-order valence-electron chi connectivity index (χ3n) is 2.16. The summed E-state index contributed by atoms with van der Waals surface area (Å²) in [4.78, 5) is 21.5. The zero-order valence-corrected chi connectivity index (χ0v) is 10.4. The van der Waals surface area contributed by atoms with E-state index in [-0.39, 0.29) is 18.5 Å². The maximum atomic E-state index is 11.3. The molecule has 0 heterocycles. The van der Waals surface area contributed by atoms with Gasteiger partial charge in [-0.1, -0.05) is 13.8 Å². The van der Waals surface area contributed by atoms with Crippen molar-refractivity contribution in [2.75, 3.05) is 0 Å². The summed E-state index contributed by atoms with van der Waals surface area (Å²) in [6, 6.07) is 0. The normalized spacial score (nSPS) is 12.5. The van der Waals surface area contributed by atoms with Gasteiger partial charge in [0.1, 0.15) is 0 Å². The Morgan fingerprint density at radius 1 is 1.12 bits per heavy atom. The van der Waals surface area contributed by atoms with Crippen LogP contribution in [-0.4, -0.2) is 23.1 Å². The highest BCUT2D eigenvalue weighted by atomic mass is 16.5. The molecule has 0 radical (unpaired) electrons. The smallest absolute Gasteiger partial charge is 0.306 e. The number of carboxylic acid groups (broad SMARTS) is 1. The highest BCUT2D eigenvalue weighted by Gasteiger charge is 2.10. The van der Waals surface area contributed by atoms with E-state index in [2.05, 4.69) is 13.8 Å². The number of carbonyl (C=O) groups is 2. The molecule has 16 heavy (non-hydrogen) atoms. The van der Waals surface area contributed by atoms with Gasteiger partial charge in [0, 0.05) is 12.8 Å². The third kappa shape index (κ3) is 9.49. The fourth-order valence-electron chi connectivity index (χ4n) is 1.54. The van der Waals surface area contributed by atoms with Crippen molar-refractivity contribution in [3.05, 3.63) is 0 Å². The molecule has 1 N–H and O–H groups in total. The van der Waals surface area contributed by atoms with Crippen molar-refractivity contribution in [3.63, 3.8) is 0 Å². The molecule has 1 atom stereocenters. The molecule has 0 aliphatic rings. The van der Waals surface area contributed by atoms with Crippen LogP contribution in [0.2, 0.25) is 0 Å². The maximum Gasteiger partial charge on any atom is 0.306 e. The van der Waals surface area contributed by atoms with Crippen molar-refractivity contribution in [1.82, 2.24) is 0 Å². The highest BCUT2D eigenvalue weighted by molar-refractivity contribution is 5.70. The summed E-state index contributed by atoms with van der Waals surface area (Å²) in [6.07, 6.45) is 2.36. The van der Waals surface area contributed by atoms with Gasteiger partial charge in [-0.15, -0.1) is 0 Å². The molecule has 0 aliphatic carbocycles. The third-order valence-corrected chi connectivity index (χ3v) is 2.16. The SMILES string of the molecule is CC(C)CC(C)OC(=O)CCCCC(=O)O. The van der Waals surface area contributed by atoms with Crippen LogP contribution in [0.4, 0.5) is 0 Å². The first-order chi connectivity index (χ1) is 7.41. The lowest BCUT2D eigenvalue weighted by Crippen LogP contribution is -2.16. The van der Waals surface area contributed by atoms with Gasteiger partial charge >= 0.3 is 11.9 Å². The first-order valence-corrected chi connectivity index (χ1v) is 5.83. The number of carboxylic acids is 1. The van der Waals surface area contributed by atoms with Gasteiger partial charge in [-0.3, -0.25) is 9.59 Å². The Balaban J connectivity index is 3.54. The van der Waals surface area contributed by atoms with Crippen molar-refractivity contribution in [3.8, 4) is 0 Å². The number of ether oxygens (including phenoxy) is 1. The number of carbonyl (C=O) groups excluding carboxylic acids is 1. The Morgan fingerprint density at radius 3 is 2.19 bits per heavy atom. The van der Waals surface area contributed by atoms with Crippen LogP contribution in [0.15, 0.2) is 0 Å². The van der Waals surface area contributed by atoms with Gasteiger partial charge in [0.15, 0.2) is 0 Å². The van der Waals surface area contributed by atoms with Gasteiger partial charge in [-0.05, 0) is 32.1 Å². The molecular weight excluding hydrogens is 208 g/mol. The zero-order valence-electron chi connectivity index (χ0n) is 10.4. The molecule has 0 fully saturated rings. The Labute approximate surface area is 97.0 Å². The fraction of sp³-hybridized carbons (Fsp3) is 0.833. The van der Waals surface area contributed by atoms with E-state index >= 15 is 0 Å². The van der Waals surface area contributed by atoms with E-state index in [1.54, 1.807) is 0 Å². The average Bonchev–Trinajstić information content (AvgIpc) is 2.10. The Morgan fingerprint density at radius 2 is 1.69 bits per heavy atom. The molecule has 0 aliphatic heterocycles. The van der Waals surface area contributed by atoms with Crippen molar-refractivity contribution in [1.29, 1.82) is 0 Å². The van der Waals surface area contributed by atoms with Crippen LogP contribution >= 0.6 is 0 Å². The molecule has 0 aromatic carbocycles. The first kappa shape index (κ1) is 14.9. The van der Waals surface area contributed by atoms with Crippen LogP contribution in [0.25, 0.3) is 0 Å². The van der Waals surface area contributed by atoms with E-state index in [0.29, 0.717) is 25.2 Å². The first-order valence-electron chi connectivity index (χ1n) is 5.83. The molecule has 0 amide bonds. The number of aliphatic carboxylic acids is 1.